The zero-order valence-electron chi connectivity index (χ0n) is 11.0. The number of carboxylic acid groups (broad SMARTS) is 1. The maximum absolute atomic E-state index is 12.6. The van der Waals surface area contributed by atoms with Gasteiger partial charge in [-0.15, -0.1) is 0 Å². The molecule has 2 rings (SSSR count). The summed E-state index contributed by atoms with van der Waals surface area (Å²) in [7, 11) is -3.84. The monoisotopic (exact) mass is 317 g/mol. The predicted molar refractivity (Wildman–Crippen MR) is 75.3 cm³/mol. The molecule has 1 aliphatic carbocycles. The Morgan fingerprint density at radius 3 is 2.65 bits per heavy atom. The van der Waals surface area contributed by atoms with Crippen molar-refractivity contribution >= 4 is 27.6 Å². The fraction of sp³-hybridized carbons (Fsp3) is 0.462. The zero-order valence-corrected chi connectivity index (χ0v) is 12.6. The topological polar surface area (TPSA) is 74.7 Å². The first-order valence-corrected chi connectivity index (χ1v) is 8.11. The van der Waals surface area contributed by atoms with E-state index in [4.69, 9.17) is 16.7 Å². The fourth-order valence-corrected chi connectivity index (χ4v) is 3.94. The van der Waals surface area contributed by atoms with Crippen LogP contribution in [0.3, 0.4) is 0 Å². The molecule has 1 fully saturated rings. The highest BCUT2D eigenvalue weighted by atomic mass is 35.5. The molecular formula is C13H16ClNO4S. The molecule has 1 N–H and O–H groups in total. The van der Waals surface area contributed by atoms with E-state index in [1.807, 2.05) is 0 Å². The van der Waals surface area contributed by atoms with Crippen LogP contribution >= 0.6 is 11.6 Å². The minimum atomic E-state index is -3.84. The van der Waals surface area contributed by atoms with Crippen molar-refractivity contribution in [2.24, 2.45) is 5.92 Å². The number of halogens is 1. The smallest absolute Gasteiger partial charge is 0.318 e. The number of aliphatic carboxylic acids is 1. The number of carboxylic acids is 1. The first kappa shape index (κ1) is 15.3. The Kier molecular flexibility index (Phi) is 4.36. The molecule has 0 unspecified atom stereocenters. The van der Waals surface area contributed by atoms with Crippen LogP contribution in [0.25, 0.3) is 0 Å². The molecule has 20 heavy (non-hydrogen) atoms. The molecule has 0 saturated heterocycles. The van der Waals surface area contributed by atoms with Gasteiger partial charge in [0.05, 0.1) is 4.90 Å². The van der Waals surface area contributed by atoms with Crippen molar-refractivity contribution in [3.63, 3.8) is 0 Å². The van der Waals surface area contributed by atoms with Crippen LogP contribution in [0.5, 0.6) is 0 Å². The molecular weight excluding hydrogens is 302 g/mol. The Morgan fingerprint density at radius 2 is 2.10 bits per heavy atom. The summed E-state index contributed by atoms with van der Waals surface area (Å²) in [6, 6.07) is 4.62. The summed E-state index contributed by atoms with van der Waals surface area (Å²) < 4.78 is 26.2. The van der Waals surface area contributed by atoms with Crippen LogP contribution < -0.4 is 0 Å². The van der Waals surface area contributed by atoms with Crippen LogP contribution in [-0.4, -0.2) is 36.9 Å². The highest BCUT2D eigenvalue weighted by Crippen LogP contribution is 2.32. The van der Waals surface area contributed by atoms with Gasteiger partial charge < -0.3 is 5.11 Å². The lowest BCUT2D eigenvalue weighted by molar-refractivity contribution is -0.137. The van der Waals surface area contributed by atoms with Crippen LogP contribution in [-0.2, 0) is 14.8 Å². The minimum absolute atomic E-state index is 0.0758. The van der Waals surface area contributed by atoms with Gasteiger partial charge in [0.1, 0.15) is 6.54 Å². The first-order valence-electron chi connectivity index (χ1n) is 6.29. The predicted octanol–water partition coefficient (Wildman–Crippen LogP) is 2.13. The third-order valence-electron chi connectivity index (χ3n) is 3.31. The fourth-order valence-electron chi connectivity index (χ4n) is 1.99. The lowest BCUT2D eigenvalue weighted by Gasteiger charge is -2.21. The van der Waals surface area contributed by atoms with E-state index >= 15 is 0 Å². The molecule has 0 atom stereocenters. The van der Waals surface area contributed by atoms with Crippen molar-refractivity contribution in [3.05, 3.63) is 28.8 Å². The number of hydrogen-bond acceptors (Lipinski definition) is 3. The lowest BCUT2D eigenvalue weighted by atomic mass is 10.2. The van der Waals surface area contributed by atoms with Crippen molar-refractivity contribution in [1.29, 1.82) is 0 Å². The first-order chi connectivity index (χ1) is 9.32. The van der Waals surface area contributed by atoms with Crippen molar-refractivity contribution in [2.75, 3.05) is 13.1 Å². The number of sulfonamides is 1. The second-order valence-electron chi connectivity index (χ2n) is 5.00. The molecule has 5 nitrogen and oxygen atoms in total. The largest absolute Gasteiger partial charge is 0.480 e. The van der Waals surface area contributed by atoms with Crippen LogP contribution in [0.15, 0.2) is 23.1 Å². The summed E-state index contributed by atoms with van der Waals surface area (Å²) in [4.78, 5) is 11.0. The van der Waals surface area contributed by atoms with E-state index < -0.39 is 22.5 Å². The second-order valence-corrected chi connectivity index (χ2v) is 7.31. The Bertz CT molecular complexity index is 625. The number of nitrogens with zero attached hydrogens (tertiary/aromatic N) is 1. The molecule has 7 heteroatoms. The summed E-state index contributed by atoms with van der Waals surface area (Å²) in [5.74, 6) is -0.891. The van der Waals surface area contributed by atoms with Gasteiger partial charge in [0.25, 0.3) is 0 Å². The Balaban J connectivity index is 2.38. The third-order valence-corrected chi connectivity index (χ3v) is 5.67. The second kappa shape index (κ2) is 5.71. The highest BCUT2D eigenvalue weighted by molar-refractivity contribution is 7.89. The zero-order chi connectivity index (χ0) is 14.9. The van der Waals surface area contributed by atoms with E-state index in [0.717, 1.165) is 17.1 Å². The van der Waals surface area contributed by atoms with E-state index in [2.05, 4.69) is 0 Å². The van der Waals surface area contributed by atoms with E-state index in [0.29, 0.717) is 10.6 Å². The van der Waals surface area contributed by atoms with Gasteiger partial charge in [-0.3, -0.25) is 4.79 Å². The molecule has 1 aliphatic rings. The number of hydrogen-bond donors (Lipinski definition) is 1. The Hall–Kier alpha value is -1.11. The Labute approximate surface area is 123 Å². The number of benzene rings is 1. The lowest BCUT2D eigenvalue weighted by Crippen LogP contribution is -2.37. The highest BCUT2D eigenvalue weighted by Gasteiger charge is 2.33. The molecule has 0 aliphatic heterocycles. The van der Waals surface area contributed by atoms with Crippen molar-refractivity contribution in [2.45, 2.75) is 24.7 Å². The average molecular weight is 318 g/mol. The molecule has 0 aromatic heterocycles. The van der Waals surface area contributed by atoms with Crippen LogP contribution in [0.2, 0.25) is 5.02 Å². The van der Waals surface area contributed by atoms with Gasteiger partial charge in [-0.05, 0) is 43.4 Å². The van der Waals surface area contributed by atoms with Gasteiger partial charge in [-0.2, -0.15) is 4.31 Å². The molecule has 0 amide bonds. The van der Waals surface area contributed by atoms with Crippen molar-refractivity contribution < 1.29 is 18.3 Å². The van der Waals surface area contributed by atoms with Gasteiger partial charge >= 0.3 is 5.97 Å². The van der Waals surface area contributed by atoms with Gasteiger partial charge in [0.15, 0.2) is 0 Å². The normalized spacial score (nSPS) is 15.6. The molecule has 1 aromatic carbocycles. The van der Waals surface area contributed by atoms with E-state index in [1.54, 1.807) is 19.1 Å². The summed E-state index contributed by atoms with van der Waals surface area (Å²) in [5, 5.41) is 9.27. The average Bonchev–Trinajstić information content (AvgIpc) is 3.15. The summed E-state index contributed by atoms with van der Waals surface area (Å²) in [5.41, 5.74) is 0.445. The quantitative estimate of drug-likeness (QED) is 0.872. The van der Waals surface area contributed by atoms with E-state index in [-0.39, 0.29) is 17.4 Å². The molecule has 110 valence electrons. The van der Waals surface area contributed by atoms with Gasteiger partial charge in [-0.1, -0.05) is 17.7 Å². The van der Waals surface area contributed by atoms with Crippen LogP contribution in [0, 0.1) is 12.8 Å². The standard InChI is InChI=1S/C13H16ClNO4S/c1-9-11(14)3-2-4-12(9)20(18,19)15(8-13(16)17)7-10-5-6-10/h2-4,10H,5-8H2,1H3,(H,16,17). The van der Waals surface area contributed by atoms with Crippen molar-refractivity contribution in [3.8, 4) is 0 Å². The van der Waals surface area contributed by atoms with Gasteiger partial charge in [-0.25, -0.2) is 8.42 Å². The summed E-state index contributed by atoms with van der Waals surface area (Å²) >= 11 is 5.95. The van der Waals surface area contributed by atoms with Gasteiger partial charge in [0, 0.05) is 11.6 Å². The maximum Gasteiger partial charge on any atom is 0.318 e. The van der Waals surface area contributed by atoms with Crippen molar-refractivity contribution in [1.82, 2.24) is 4.31 Å². The molecule has 1 saturated carbocycles. The summed E-state index contributed by atoms with van der Waals surface area (Å²) in [6.45, 7) is 1.34. The Morgan fingerprint density at radius 1 is 1.45 bits per heavy atom. The minimum Gasteiger partial charge on any atom is -0.480 e. The van der Waals surface area contributed by atoms with Crippen LogP contribution in [0.1, 0.15) is 18.4 Å². The van der Waals surface area contributed by atoms with Crippen LogP contribution in [0.4, 0.5) is 0 Å². The SMILES string of the molecule is Cc1c(Cl)cccc1S(=O)(=O)N(CC(=O)O)CC1CC1. The number of rotatable bonds is 6. The molecule has 1 aromatic rings. The third kappa shape index (κ3) is 3.31. The maximum atomic E-state index is 12.6. The van der Waals surface area contributed by atoms with E-state index in [9.17, 15) is 13.2 Å². The van der Waals surface area contributed by atoms with E-state index in [1.165, 1.54) is 6.07 Å². The molecule has 0 radical (unpaired) electrons. The van der Waals surface area contributed by atoms with Gasteiger partial charge in [0.2, 0.25) is 10.0 Å². The molecule has 0 spiro atoms. The summed E-state index contributed by atoms with van der Waals surface area (Å²) in [6.07, 6.45) is 1.89. The molecule has 0 bridgehead atoms. The number of carbonyl (C=O) groups is 1. The molecule has 0 heterocycles.